The second-order valence-electron chi connectivity index (χ2n) is 7.73. The molecule has 1 amide bonds. The summed E-state index contributed by atoms with van der Waals surface area (Å²) in [6.07, 6.45) is 0.855. The molecule has 152 valence electrons. The molecule has 2 atom stereocenters. The molecule has 2 heterocycles. The molecule has 2 aromatic rings. The Morgan fingerprint density at radius 1 is 1.00 bits per heavy atom. The van der Waals surface area contributed by atoms with E-state index in [1.54, 1.807) is 12.1 Å². The average Bonchev–Trinajstić information content (AvgIpc) is 3.15. The number of carbonyl (C=O) groups is 1. The number of amides is 1. The van der Waals surface area contributed by atoms with E-state index in [4.69, 9.17) is 0 Å². The van der Waals surface area contributed by atoms with Gasteiger partial charge in [0.05, 0.1) is 11.0 Å². The SMILES string of the molecule is CC(c1cccc([N+](=O)[O-])c1)N1CCN(C2CCN(c3ccccc3)C2=O)CC1. The van der Waals surface area contributed by atoms with Crippen LogP contribution in [0.15, 0.2) is 54.6 Å². The van der Waals surface area contributed by atoms with Gasteiger partial charge in [-0.25, -0.2) is 0 Å². The van der Waals surface area contributed by atoms with Gasteiger partial charge in [-0.15, -0.1) is 0 Å². The molecule has 0 spiro atoms. The predicted octanol–water partition coefficient (Wildman–Crippen LogP) is 3.08. The van der Waals surface area contributed by atoms with Gasteiger partial charge in [0.15, 0.2) is 0 Å². The van der Waals surface area contributed by atoms with Crippen molar-refractivity contribution in [1.29, 1.82) is 0 Å². The second kappa shape index (κ2) is 8.31. The van der Waals surface area contributed by atoms with Crippen molar-refractivity contribution in [2.75, 3.05) is 37.6 Å². The number of hydrogen-bond donors (Lipinski definition) is 0. The van der Waals surface area contributed by atoms with Gasteiger partial charge in [-0.3, -0.25) is 24.7 Å². The van der Waals surface area contributed by atoms with E-state index in [9.17, 15) is 14.9 Å². The summed E-state index contributed by atoms with van der Waals surface area (Å²) in [5.74, 6) is 0.191. The highest BCUT2D eigenvalue weighted by Gasteiger charge is 2.38. The summed E-state index contributed by atoms with van der Waals surface area (Å²) in [5.41, 5.74) is 2.06. The van der Waals surface area contributed by atoms with Crippen LogP contribution in [0.4, 0.5) is 11.4 Å². The lowest BCUT2D eigenvalue weighted by molar-refractivity contribution is -0.385. The van der Waals surface area contributed by atoms with Crippen molar-refractivity contribution in [1.82, 2.24) is 9.80 Å². The molecule has 0 saturated carbocycles. The van der Waals surface area contributed by atoms with Crippen molar-refractivity contribution in [3.63, 3.8) is 0 Å². The van der Waals surface area contributed by atoms with Crippen LogP contribution in [0.3, 0.4) is 0 Å². The Hall–Kier alpha value is -2.77. The maximum atomic E-state index is 13.0. The molecule has 7 heteroatoms. The first-order valence-electron chi connectivity index (χ1n) is 10.1. The molecule has 29 heavy (non-hydrogen) atoms. The van der Waals surface area contributed by atoms with E-state index < -0.39 is 0 Å². The molecular formula is C22H26N4O3. The number of nitro groups is 1. The van der Waals surface area contributed by atoms with Gasteiger partial charge in [0.25, 0.3) is 5.69 Å². The summed E-state index contributed by atoms with van der Waals surface area (Å²) in [6, 6.07) is 16.8. The van der Waals surface area contributed by atoms with Gasteiger partial charge in [-0.05, 0) is 31.0 Å². The Morgan fingerprint density at radius 3 is 2.41 bits per heavy atom. The maximum Gasteiger partial charge on any atom is 0.269 e. The fourth-order valence-electron chi connectivity index (χ4n) is 4.41. The zero-order valence-electron chi connectivity index (χ0n) is 16.6. The monoisotopic (exact) mass is 394 g/mol. The number of nitro benzene ring substituents is 1. The van der Waals surface area contributed by atoms with Gasteiger partial charge in [0.2, 0.25) is 5.91 Å². The molecule has 2 saturated heterocycles. The molecule has 2 aromatic carbocycles. The molecule has 0 N–H and O–H groups in total. The molecule has 0 aliphatic carbocycles. The predicted molar refractivity (Wildman–Crippen MR) is 112 cm³/mol. The molecular weight excluding hydrogens is 368 g/mol. The third-order valence-corrected chi connectivity index (χ3v) is 6.15. The highest BCUT2D eigenvalue weighted by Crippen LogP contribution is 2.28. The molecule has 2 fully saturated rings. The van der Waals surface area contributed by atoms with E-state index in [0.29, 0.717) is 0 Å². The Bertz CT molecular complexity index is 881. The highest BCUT2D eigenvalue weighted by molar-refractivity contribution is 5.99. The number of benzene rings is 2. The van der Waals surface area contributed by atoms with Crippen LogP contribution in [0.25, 0.3) is 0 Å². The summed E-state index contributed by atoms with van der Waals surface area (Å²) < 4.78 is 0. The van der Waals surface area contributed by atoms with Crippen LogP contribution >= 0.6 is 0 Å². The van der Waals surface area contributed by atoms with Gasteiger partial charge >= 0.3 is 0 Å². The minimum Gasteiger partial charge on any atom is -0.311 e. The van der Waals surface area contributed by atoms with Crippen molar-refractivity contribution < 1.29 is 9.72 Å². The molecule has 0 aromatic heterocycles. The van der Waals surface area contributed by atoms with Crippen molar-refractivity contribution in [2.24, 2.45) is 0 Å². The van der Waals surface area contributed by atoms with E-state index >= 15 is 0 Å². The fourth-order valence-corrected chi connectivity index (χ4v) is 4.41. The van der Waals surface area contributed by atoms with Crippen LogP contribution in [-0.4, -0.2) is 59.4 Å². The molecule has 2 aliphatic rings. The van der Waals surface area contributed by atoms with Gasteiger partial charge in [-0.2, -0.15) is 0 Å². The van der Waals surface area contributed by atoms with Crippen LogP contribution in [-0.2, 0) is 4.79 Å². The minimum absolute atomic E-state index is 0.0505. The number of anilines is 1. The first-order chi connectivity index (χ1) is 14.0. The maximum absolute atomic E-state index is 13.0. The number of para-hydroxylation sites is 1. The quantitative estimate of drug-likeness (QED) is 0.576. The van der Waals surface area contributed by atoms with Crippen molar-refractivity contribution in [3.05, 3.63) is 70.3 Å². The van der Waals surface area contributed by atoms with Gasteiger partial charge in [0, 0.05) is 56.6 Å². The van der Waals surface area contributed by atoms with E-state index in [0.717, 1.165) is 50.4 Å². The molecule has 7 nitrogen and oxygen atoms in total. The number of piperazine rings is 1. The van der Waals surface area contributed by atoms with Crippen molar-refractivity contribution >= 4 is 17.3 Å². The number of non-ortho nitro benzene ring substituents is 1. The summed E-state index contributed by atoms with van der Waals surface area (Å²) in [5, 5.41) is 11.1. The normalized spacial score (nSPS) is 22.0. The van der Waals surface area contributed by atoms with Crippen LogP contribution in [0.1, 0.15) is 24.9 Å². The van der Waals surface area contributed by atoms with E-state index in [1.807, 2.05) is 41.3 Å². The minimum atomic E-state index is -0.349. The van der Waals surface area contributed by atoms with Gasteiger partial charge < -0.3 is 4.90 Å². The van der Waals surface area contributed by atoms with Gasteiger partial charge in [0.1, 0.15) is 0 Å². The summed E-state index contributed by atoms with van der Waals surface area (Å²) in [4.78, 5) is 30.2. The van der Waals surface area contributed by atoms with Crippen LogP contribution in [0.2, 0.25) is 0 Å². The zero-order chi connectivity index (χ0) is 20.4. The van der Waals surface area contributed by atoms with Crippen molar-refractivity contribution in [2.45, 2.75) is 25.4 Å². The van der Waals surface area contributed by atoms with Crippen LogP contribution < -0.4 is 4.90 Å². The topological polar surface area (TPSA) is 69.9 Å². The van der Waals surface area contributed by atoms with Crippen LogP contribution in [0.5, 0.6) is 0 Å². The molecule has 4 rings (SSSR count). The average molecular weight is 394 g/mol. The molecule has 2 unspecified atom stereocenters. The van der Waals surface area contributed by atoms with Crippen LogP contribution in [0, 0.1) is 10.1 Å². The van der Waals surface area contributed by atoms with E-state index in [1.165, 1.54) is 6.07 Å². The largest absolute Gasteiger partial charge is 0.311 e. The second-order valence-corrected chi connectivity index (χ2v) is 7.73. The van der Waals surface area contributed by atoms with E-state index in [-0.39, 0.29) is 28.6 Å². The van der Waals surface area contributed by atoms with Crippen molar-refractivity contribution in [3.8, 4) is 0 Å². The zero-order valence-corrected chi connectivity index (χ0v) is 16.6. The first kappa shape index (κ1) is 19.5. The molecule has 0 radical (unpaired) electrons. The number of hydrogen-bond acceptors (Lipinski definition) is 5. The smallest absolute Gasteiger partial charge is 0.269 e. The number of nitrogens with zero attached hydrogens (tertiary/aromatic N) is 4. The Kier molecular flexibility index (Phi) is 5.60. The lowest BCUT2D eigenvalue weighted by Crippen LogP contribution is -2.52. The lowest BCUT2D eigenvalue weighted by atomic mass is 10.0. The first-order valence-corrected chi connectivity index (χ1v) is 10.1. The number of rotatable bonds is 5. The third kappa shape index (κ3) is 4.02. The standard InChI is InChI=1S/C22H26N4O3/c1-17(18-6-5-9-20(16-18)26(28)29)23-12-14-24(15-13-23)21-10-11-25(22(21)27)19-7-3-2-4-8-19/h2-9,16-17,21H,10-15H2,1H3. The Labute approximate surface area is 170 Å². The van der Waals surface area contributed by atoms with Gasteiger partial charge in [-0.1, -0.05) is 30.3 Å². The summed E-state index contributed by atoms with van der Waals surface area (Å²) in [6.45, 7) is 6.21. The summed E-state index contributed by atoms with van der Waals surface area (Å²) >= 11 is 0. The molecule has 2 aliphatic heterocycles. The third-order valence-electron chi connectivity index (χ3n) is 6.15. The Morgan fingerprint density at radius 2 is 1.72 bits per heavy atom. The van der Waals surface area contributed by atoms with E-state index in [2.05, 4.69) is 16.7 Å². The number of carbonyl (C=O) groups excluding carboxylic acids is 1. The Balaban J connectivity index is 1.37. The molecule has 0 bridgehead atoms. The summed E-state index contributed by atoms with van der Waals surface area (Å²) in [7, 11) is 0. The highest BCUT2D eigenvalue weighted by atomic mass is 16.6. The lowest BCUT2D eigenvalue weighted by Gasteiger charge is -2.40. The fraction of sp³-hybridized carbons (Fsp3) is 0.409.